The van der Waals surface area contributed by atoms with E-state index in [0.717, 1.165) is 125 Å². The Labute approximate surface area is 456 Å². The average molecular weight is 1150 g/mol. The Hall–Kier alpha value is -1.75. The Bertz CT molecular complexity index is 2600. The Balaban J connectivity index is 0.000000169. The highest BCUT2D eigenvalue weighted by atomic mass is 35.7. The fourth-order valence-corrected chi connectivity index (χ4v) is 14.7. The highest BCUT2D eigenvalue weighted by Crippen LogP contribution is 2.40. The Kier molecular flexibility index (Phi) is 19.8. The van der Waals surface area contributed by atoms with Gasteiger partial charge in [-0.1, -0.05) is 93.9 Å². The van der Waals surface area contributed by atoms with E-state index >= 15 is 0 Å². The van der Waals surface area contributed by atoms with Crippen molar-refractivity contribution in [1.82, 2.24) is 19.4 Å². The van der Waals surface area contributed by atoms with Gasteiger partial charge in [0.05, 0.1) is 44.0 Å². The van der Waals surface area contributed by atoms with E-state index in [1.807, 2.05) is 54.6 Å². The van der Waals surface area contributed by atoms with Crippen LogP contribution in [0.15, 0.2) is 84.9 Å². The molecule has 2 saturated carbocycles. The van der Waals surface area contributed by atoms with E-state index in [1.54, 1.807) is 10.4 Å². The summed E-state index contributed by atoms with van der Waals surface area (Å²) in [5.41, 5.74) is 4.53. The smallest absolute Gasteiger partial charge is 0.235 e. The zero-order valence-corrected chi connectivity index (χ0v) is 46.9. The first kappa shape index (κ1) is 55.5. The van der Waals surface area contributed by atoms with Crippen LogP contribution in [-0.2, 0) is 19.1 Å². The summed E-state index contributed by atoms with van der Waals surface area (Å²) < 4.78 is 47.1. The zero-order valence-electron chi connectivity index (χ0n) is 39.9. The number of hydrogen-bond donors (Lipinski definition) is 1. The number of anilines is 2. The first-order valence-electron chi connectivity index (χ1n) is 25.0. The minimum Gasteiger partial charge on any atom is -0.361 e. The lowest BCUT2D eigenvalue weighted by atomic mass is 9.94. The van der Waals surface area contributed by atoms with Gasteiger partial charge in [-0.25, -0.2) is 21.1 Å². The molecule has 0 spiro atoms. The molecule has 0 bridgehead atoms. The molecule has 2 atom stereocenters. The molecule has 6 aliphatic rings. The number of hydrogen-bond acceptors (Lipinski definition) is 9. The third-order valence-corrected chi connectivity index (χ3v) is 20.8. The lowest BCUT2D eigenvalue weighted by Gasteiger charge is -2.44. The molecule has 0 amide bonds. The van der Waals surface area contributed by atoms with Crippen molar-refractivity contribution in [3.63, 3.8) is 0 Å². The summed E-state index contributed by atoms with van der Waals surface area (Å²) in [6, 6.07) is 28.2. The number of nitrogens with zero attached hydrogens (tertiary/aromatic N) is 5. The van der Waals surface area contributed by atoms with Crippen molar-refractivity contribution >= 4 is 111 Å². The molecule has 10 nitrogen and oxygen atoms in total. The quantitative estimate of drug-likeness (QED) is 0.131. The molecule has 4 aromatic carbocycles. The summed E-state index contributed by atoms with van der Waals surface area (Å²) in [6.45, 7) is 11.6. The maximum atomic E-state index is 12.5. The minimum atomic E-state index is -3.16. The summed E-state index contributed by atoms with van der Waals surface area (Å²) in [4.78, 5) is 9.94. The van der Waals surface area contributed by atoms with Gasteiger partial charge in [0, 0.05) is 83.1 Å². The van der Waals surface area contributed by atoms with Crippen LogP contribution in [0.4, 0.5) is 11.4 Å². The van der Waals surface area contributed by atoms with Crippen molar-refractivity contribution in [2.24, 2.45) is 11.8 Å². The molecule has 4 saturated heterocycles. The molecule has 4 aliphatic heterocycles. The number of nitrogens with one attached hydrogen (secondary N) is 1. The van der Waals surface area contributed by atoms with Crippen LogP contribution in [0.2, 0.25) is 30.1 Å². The second-order valence-electron chi connectivity index (χ2n) is 19.8. The number of piperidine rings is 2. The first-order valence-corrected chi connectivity index (χ1v) is 31.2. The van der Waals surface area contributed by atoms with Crippen molar-refractivity contribution in [2.75, 3.05) is 88.3 Å². The summed E-state index contributed by atoms with van der Waals surface area (Å²) in [7, 11) is -1.29. The standard InChI is InChI=1S/C26H32Cl3N3O2S.C23H28Cl3N3.C3H5ClO2S/c27-21-3-1-20(2-4-21)26-18-30(15-16-32(26)25-8-5-22(28)17-24(25)29)12-9-19-10-13-31(14-11-19)35(33,34)23-6-7-23;24-19-3-1-18(2-4-19)23-16-28(12-9-17-7-10-27-11-8-17)13-14-29(23)22-6-5-20(25)15-21(22)26;4-7(5,6)3-1-2-3/h1-5,8,17,19,23,26H,6-7,9-16,18H2;1-6,15,17,23,27H,7-14,16H2;3H,1-2H2/t26-;23-;/m00./s1. The summed E-state index contributed by atoms with van der Waals surface area (Å²) in [5.74, 6) is 1.44. The SMILES string of the molecule is Clc1ccc([C@@H]2CN(CCC3CCNCC3)CCN2c2ccc(Cl)cc2Cl)cc1.O=S(=O)(C1CC1)N1CCC(CCN2CCN(c3ccc(Cl)cc3Cl)[C@H](c3ccc(Cl)cc3)C2)CC1.O=S(=O)(Cl)C1CC1. The van der Waals surface area contributed by atoms with Gasteiger partial charge in [-0.05, 0) is 174 Å². The average Bonchev–Trinajstić information content (AvgIpc) is 4.28. The van der Waals surface area contributed by atoms with E-state index in [4.69, 9.17) is 80.3 Å². The normalized spacial score (nSPS) is 22.4. The third kappa shape index (κ3) is 15.7. The van der Waals surface area contributed by atoms with Gasteiger partial charge in [0.1, 0.15) is 0 Å². The molecule has 0 radical (unpaired) electrons. The van der Waals surface area contributed by atoms with Crippen LogP contribution in [0.1, 0.15) is 87.4 Å². The van der Waals surface area contributed by atoms with Crippen LogP contribution < -0.4 is 15.1 Å². The predicted molar refractivity (Wildman–Crippen MR) is 298 cm³/mol. The molecule has 19 heteroatoms. The van der Waals surface area contributed by atoms with Crippen LogP contribution >= 0.6 is 80.3 Å². The predicted octanol–water partition coefficient (Wildman–Crippen LogP) is 12.7. The molecule has 4 aromatic rings. The highest BCUT2D eigenvalue weighted by molar-refractivity contribution is 8.14. The fraction of sp³-hybridized carbons (Fsp3) is 0.538. The van der Waals surface area contributed by atoms with E-state index in [-0.39, 0.29) is 22.6 Å². The maximum absolute atomic E-state index is 12.5. The van der Waals surface area contributed by atoms with Gasteiger partial charge in [-0.2, -0.15) is 0 Å². The number of rotatable bonds is 13. The largest absolute Gasteiger partial charge is 0.361 e. The van der Waals surface area contributed by atoms with Crippen molar-refractivity contribution < 1.29 is 16.8 Å². The summed E-state index contributed by atoms with van der Waals surface area (Å²) in [5, 5.41) is 7.32. The summed E-state index contributed by atoms with van der Waals surface area (Å²) >= 11 is 37.8. The third-order valence-electron chi connectivity index (χ3n) is 14.8. The molecule has 0 unspecified atom stereocenters. The topological polar surface area (TPSA) is 96.5 Å². The number of sulfonamides is 1. The van der Waals surface area contributed by atoms with Crippen LogP contribution in [0.25, 0.3) is 0 Å². The van der Waals surface area contributed by atoms with Crippen molar-refractivity contribution in [2.45, 2.75) is 86.8 Å². The first-order chi connectivity index (χ1) is 34.0. The molecule has 0 aromatic heterocycles. The Morgan fingerprint density at radius 2 is 0.887 bits per heavy atom. The van der Waals surface area contributed by atoms with Gasteiger partial charge in [0.15, 0.2) is 0 Å². The van der Waals surface area contributed by atoms with Crippen LogP contribution in [0.5, 0.6) is 0 Å². The van der Waals surface area contributed by atoms with Gasteiger partial charge >= 0.3 is 0 Å². The molecular formula is C52H65Cl7N6O4S2. The molecule has 1 N–H and O–H groups in total. The summed E-state index contributed by atoms with van der Waals surface area (Å²) in [6.07, 6.45) is 10.1. The van der Waals surface area contributed by atoms with E-state index in [9.17, 15) is 16.8 Å². The van der Waals surface area contributed by atoms with Crippen LogP contribution in [0.3, 0.4) is 0 Å². The molecule has 6 fully saturated rings. The highest BCUT2D eigenvalue weighted by Gasteiger charge is 2.41. The second kappa shape index (κ2) is 25.4. The van der Waals surface area contributed by atoms with Gasteiger partial charge in [-0.15, -0.1) is 0 Å². The molecule has 71 heavy (non-hydrogen) atoms. The Morgan fingerprint density at radius 1 is 0.479 bits per heavy atom. The monoisotopic (exact) mass is 1150 g/mol. The maximum Gasteiger partial charge on any atom is 0.235 e. The Morgan fingerprint density at radius 3 is 1.27 bits per heavy atom. The van der Waals surface area contributed by atoms with E-state index < -0.39 is 19.1 Å². The second-order valence-corrected chi connectivity index (χ2v) is 27.5. The lowest BCUT2D eigenvalue weighted by Crippen LogP contribution is -2.49. The van der Waals surface area contributed by atoms with E-state index in [0.29, 0.717) is 39.1 Å². The zero-order chi connectivity index (χ0) is 50.3. The fourth-order valence-electron chi connectivity index (χ4n) is 10.3. The molecule has 2 aliphatic carbocycles. The van der Waals surface area contributed by atoms with E-state index in [1.165, 1.54) is 43.5 Å². The molecule has 4 heterocycles. The van der Waals surface area contributed by atoms with Crippen molar-refractivity contribution in [3.05, 3.63) is 126 Å². The van der Waals surface area contributed by atoms with Gasteiger partial charge in [0.2, 0.25) is 19.1 Å². The van der Waals surface area contributed by atoms with Gasteiger partial charge in [0.25, 0.3) is 0 Å². The van der Waals surface area contributed by atoms with Crippen molar-refractivity contribution in [1.29, 1.82) is 0 Å². The molecule has 10 rings (SSSR count). The lowest BCUT2D eigenvalue weighted by molar-refractivity contribution is 0.188. The van der Waals surface area contributed by atoms with Gasteiger partial charge in [-0.3, -0.25) is 9.80 Å². The van der Waals surface area contributed by atoms with Crippen molar-refractivity contribution in [3.8, 4) is 0 Å². The number of benzene rings is 4. The molecular weight excluding hydrogens is 1080 g/mol. The van der Waals surface area contributed by atoms with E-state index in [2.05, 4.69) is 49.2 Å². The van der Waals surface area contributed by atoms with Crippen LogP contribution in [-0.4, -0.2) is 120 Å². The minimum absolute atomic E-state index is 0.103. The van der Waals surface area contributed by atoms with Gasteiger partial charge < -0.3 is 15.1 Å². The number of halogens is 7. The number of piperazine rings is 2. The van der Waals surface area contributed by atoms with Crippen LogP contribution in [0, 0.1) is 11.8 Å². The molecule has 388 valence electrons.